The summed E-state index contributed by atoms with van der Waals surface area (Å²) < 4.78 is 5.44. The second kappa shape index (κ2) is 8.58. The van der Waals surface area contributed by atoms with Crippen molar-refractivity contribution in [2.45, 2.75) is 31.1 Å². The summed E-state index contributed by atoms with van der Waals surface area (Å²) in [6.45, 7) is 2.74. The maximum atomic E-state index is 13.5. The van der Waals surface area contributed by atoms with Crippen LogP contribution in [0.1, 0.15) is 29.7 Å². The Kier molecular flexibility index (Phi) is 5.47. The van der Waals surface area contributed by atoms with Crippen molar-refractivity contribution >= 4 is 18.1 Å². The molecule has 5 heteroatoms. The van der Waals surface area contributed by atoms with E-state index in [1.165, 1.54) is 0 Å². The molecule has 0 aromatic heterocycles. The molecule has 2 fully saturated rings. The Morgan fingerprint density at radius 1 is 0.909 bits per heavy atom. The Morgan fingerprint density at radius 2 is 1.52 bits per heavy atom. The fourth-order valence-corrected chi connectivity index (χ4v) is 4.79. The van der Waals surface area contributed by atoms with E-state index in [9.17, 15) is 9.59 Å². The first-order valence-electron chi connectivity index (χ1n) is 11.2. The minimum atomic E-state index is -0.681. The van der Waals surface area contributed by atoms with Crippen molar-refractivity contribution in [1.29, 1.82) is 0 Å². The van der Waals surface area contributed by atoms with Gasteiger partial charge in [-0.15, -0.1) is 0 Å². The number of likely N-dealkylation sites (tertiary alicyclic amines) is 1. The Morgan fingerprint density at radius 3 is 2.18 bits per heavy atom. The smallest absolute Gasteiger partial charge is 0.411 e. The van der Waals surface area contributed by atoms with Gasteiger partial charge in [0.05, 0.1) is 11.6 Å². The number of carbonyl (C=O) groups is 2. The molecule has 0 N–H and O–H groups in total. The van der Waals surface area contributed by atoms with Crippen molar-refractivity contribution in [3.05, 3.63) is 114 Å². The van der Waals surface area contributed by atoms with Crippen molar-refractivity contribution in [3.63, 3.8) is 0 Å². The number of carbonyl (C=O) groups excluding carboxylic acids is 2. The van der Waals surface area contributed by atoms with Crippen LogP contribution in [0.25, 0.3) is 6.08 Å². The van der Waals surface area contributed by atoms with Crippen molar-refractivity contribution in [1.82, 2.24) is 9.80 Å². The van der Waals surface area contributed by atoms with Gasteiger partial charge in [0.2, 0.25) is 5.91 Å². The zero-order chi connectivity index (χ0) is 22.8. The highest BCUT2D eigenvalue weighted by molar-refractivity contribution is 5.95. The van der Waals surface area contributed by atoms with E-state index in [0.717, 1.165) is 16.7 Å². The number of ether oxygens (including phenoxy) is 1. The van der Waals surface area contributed by atoms with Crippen LogP contribution in [0.5, 0.6) is 0 Å². The van der Waals surface area contributed by atoms with Gasteiger partial charge in [0, 0.05) is 6.54 Å². The van der Waals surface area contributed by atoms with Crippen molar-refractivity contribution < 1.29 is 14.3 Å². The minimum absolute atomic E-state index is 0.0705. The number of hydrogen-bond acceptors (Lipinski definition) is 3. The van der Waals surface area contributed by atoms with Crippen LogP contribution in [-0.4, -0.2) is 40.0 Å². The lowest BCUT2D eigenvalue weighted by molar-refractivity contribution is -0.166. The fraction of sp³-hybridized carbons (Fsp3) is 0.214. The molecule has 3 atom stereocenters. The number of β-lactam (4-membered cyclic amide) rings is 1. The third-order valence-electron chi connectivity index (χ3n) is 6.61. The first kappa shape index (κ1) is 21.0. The van der Waals surface area contributed by atoms with Gasteiger partial charge in [-0.2, -0.15) is 0 Å². The summed E-state index contributed by atoms with van der Waals surface area (Å²) >= 11 is 0. The summed E-state index contributed by atoms with van der Waals surface area (Å²) in [5.74, 6) is -0.0705. The van der Waals surface area contributed by atoms with Gasteiger partial charge in [-0.05, 0) is 23.6 Å². The lowest BCUT2D eigenvalue weighted by Crippen LogP contribution is -2.76. The van der Waals surface area contributed by atoms with Crippen molar-refractivity contribution in [3.8, 4) is 0 Å². The van der Waals surface area contributed by atoms with Crippen LogP contribution in [0.4, 0.5) is 4.79 Å². The van der Waals surface area contributed by atoms with Gasteiger partial charge in [0.25, 0.3) is 0 Å². The molecule has 2 aliphatic rings. The van der Waals surface area contributed by atoms with E-state index in [0.29, 0.717) is 6.54 Å². The molecule has 3 aromatic carbocycles. The largest absolute Gasteiger partial charge is 0.447 e. The highest BCUT2D eigenvalue weighted by Crippen LogP contribution is 2.44. The standard InChI is InChI=1S/C28H26N2O3/c1-28(18-17-21-11-5-2-6-12-21)25(26(31)29(28)19-22-13-7-3-8-14-22)30-24(20-33-27(30)32)23-15-9-4-10-16-23/h2-18,24-25H,19-20H2,1H3/b18-17+/t24-,25-,28-/m1/s1. The molecule has 2 amide bonds. The van der Waals surface area contributed by atoms with Crippen LogP contribution in [0.15, 0.2) is 97.1 Å². The number of rotatable bonds is 6. The van der Waals surface area contributed by atoms with Crippen molar-refractivity contribution in [2.75, 3.05) is 6.61 Å². The number of nitrogens with zero attached hydrogens (tertiary/aromatic N) is 2. The predicted molar refractivity (Wildman–Crippen MR) is 127 cm³/mol. The van der Waals surface area contributed by atoms with Gasteiger partial charge >= 0.3 is 6.09 Å². The summed E-state index contributed by atoms with van der Waals surface area (Å²) in [6.07, 6.45) is 3.63. The van der Waals surface area contributed by atoms with Crippen LogP contribution in [-0.2, 0) is 16.1 Å². The van der Waals surface area contributed by atoms with Gasteiger partial charge in [-0.1, -0.05) is 103 Å². The number of benzene rings is 3. The SMILES string of the molecule is C[C@@]1(/C=C/c2ccccc2)[C@H](N2C(=O)OC[C@@H]2c2ccccc2)C(=O)N1Cc1ccccc1. The Balaban J connectivity index is 1.51. The third kappa shape index (κ3) is 3.80. The molecule has 0 bridgehead atoms. The fourth-order valence-electron chi connectivity index (χ4n) is 4.79. The van der Waals surface area contributed by atoms with Gasteiger partial charge in [-0.3, -0.25) is 9.69 Å². The quantitative estimate of drug-likeness (QED) is 0.505. The number of cyclic esters (lactones) is 1. The average Bonchev–Trinajstić information content (AvgIpc) is 3.23. The van der Waals surface area contributed by atoms with Crippen molar-refractivity contribution in [2.24, 2.45) is 0 Å². The van der Waals surface area contributed by atoms with Gasteiger partial charge < -0.3 is 9.64 Å². The Bertz CT molecular complexity index is 1160. The zero-order valence-electron chi connectivity index (χ0n) is 18.5. The molecule has 0 aliphatic carbocycles. The molecule has 2 saturated heterocycles. The van der Waals surface area contributed by atoms with Gasteiger partial charge in [0.15, 0.2) is 0 Å². The number of amides is 2. The molecule has 5 nitrogen and oxygen atoms in total. The first-order valence-corrected chi connectivity index (χ1v) is 11.2. The second-order valence-electron chi connectivity index (χ2n) is 8.69. The van der Waals surface area contributed by atoms with Crippen LogP contribution in [0, 0.1) is 0 Å². The Hall–Kier alpha value is -3.86. The second-order valence-corrected chi connectivity index (χ2v) is 8.69. The lowest BCUT2D eigenvalue weighted by atomic mass is 9.77. The summed E-state index contributed by atoms with van der Waals surface area (Å²) in [5, 5.41) is 0. The van der Waals surface area contributed by atoms with Gasteiger partial charge in [-0.25, -0.2) is 4.79 Å². The topological polar surface area (TPSA) is 49.9 Å². The monoisotopic (exact) mass is 438 g/mol. The average molecular weight is 439 g/mol. The molecule has 2 aliphatic heterocycles. The minimum Gasteiger partial charge on any atom is -0.447 e. The highest BCUT2D eigenvalue weighted by Gasteiger charge is 2.62. The Labute approximate surface area is 193 Å². The lowest BCUT2D eigenvalue weighted by Gasteiger charge is -2.57. The predicted octanol–water partition coefficient (Wildman–Crippen LogP) is 5.06. The molecule has 0 radical (unpaired) electrons. The molecule has 0 unspecified atom stereocenters. The third-order valence-corrected chi connectivity index (χ3v) is 6.61. The molecule has 166 valence electrons. The summed E-state index contributed by atoms with van der Waals surface area (Å²) in [4.78, 5) is 29.9. The summed E-state index contributed by atoms with van der Waals surface area (Å²) in [5.41, 5.74) is 2.37. The molecular weight excluding hydrogens is 412 g/mol. The van der Waals surface area contributed by atoms with E-state index in [1.54, 1.807) is 4.90 Å². The number of hydrogen-bond donors (Lipinski definition) is 0. The van der Waals surface area contributed by atoms with E-state index >= 15 is 0 Å². The van der Waals surface area contributed by atoms with E-state index in [2.05, 4.69) is 0 Å². The maximum Gasteiger partial charge on any atom is 0.411 e. The molecule has 2 heterocycles. The summed E-state index contributed by atoms with van der Waals surface area (Å²) in [6, 6.07) is 28.7. The first-order chi connectivity index (χ1) is 16.1. The molecule has 3 aromatic rings. The normalized spacial score (nSPS) is 24.8. The molecule has 5 rings (SSSR count). The van der Waals surface area contributed by atoms with Crippen LogP contribution < -0.4 is 0 Å². The highest BCUT2D eigenvalue weighted by atomic mass is 16.6. The van der Waals surface area contributed by atoms with E-state index in [-0.39, 0.29) is 18.6 Å². The zero-order valence-corrected chi connectivity index (χ0v) is 18.5. The van der Waals surface area contributed by atoms with Crippen LogP contribution in [0.2, 0.25) is 0 Å². The van der Waals surface area contributed by atoms with E-state index in [1.807, 2.05) is 115 Å². The van der Waals surface area contributed by atoms with Gasteiger partial charge in [0.1, 0.15) is 12.6 Å². The molecular formula is C28H26N2O3. The van der Waals surface area contributed by atoms with Crippen LogP contribution in [0.3, 0.4) is 0 Å². The maximum absolute atomic E-state index is 13.5. The molecule has 0 spiro atoms. The van der Waals surface area contributed by atoms with E-state index < -0.39 is 17.7 Å². The summed E-state index contributed by atoms with van der Waals surface area (Å²) in [7, 11) is 0. The molecule has 0 saturated carbocycles. The molecule has 33 heavy (non-hydrogen) atoms. The van der Waals surface area contributed by atoms with E-state index in [4.69, 9.17) is 4.74 Å². The van der Waals surface area contributed by atoms with Crippen LogP contribution >= 0.6 is 0 Å².